The van der Waals surface area contributed by atoms with E-state index in [0.29, 0.717) is 5.41 Å². The Labute approximate surface area is 109 Å². The molecule has 0 aliphatic heterocycles. The number of fused-ring (bicyclic) bond motifs is 1. The molecule has 0 heterocycles. The van der Waals surface area contributed by atoms with E-state index in [2.05, 4.69) is 43.4 Å². The molecule has 0 spiro atoms. The van der Waals surface area contributed by atoms with E-state index in [1.807, 2.05) is 0 Å². The van der Waals surface area contributed by atoms with Gasteiger partial charge in [0.1, 0.15) is 0 Å². The van der Waals surface area contributed by atoms with Crippen molar-refractivity contribution in [2.75, 3.05) is 4.43 Å². The summed E-state index contributed by atoms with van der Waals surface area (Å²) in [6.45, 7) is 7.58. The van der Waals surface area contributed by atoms with Crippen molar-refractivity contribution in [2.24, 2.45) is 29.1 Å². The highest BCUT2D eigenvalue weighted by Gasteiger charge is 2.50. The van der Waals surface area contributed by atoms with Crippen LogP contribution in [0.3, 0.4) is 0 Å². The van der Waals surface area contributed by atoms with Gasteiger partial charge in [0.15, 0.2) is 0 Å². The molecule has 15 heavy (non-hydrogen) atoms. The second-order valence-corrected chi connectivity index (χ2v) is 7.18. The summed E-state index contributed by atoms with van der Waals surface area (Å²) in [6.07, 6.45) is 7.51. The zero-order chi connectivity index (χ0) is 11.1. The van der Waals surface area contributed by atoms with Crippen molar-refractivity contribution < 1.29 is 0 Å². The normalized spacial score (nSPS) is 47.6. The lowest BCUT2D eigenvalue weighted by Gasteiger charge is -2.45. The Hall–Kier alpha value is 0.730. The molecule has 88 valence electrons. The van der Waals surface area contributed by atoms with Crippen LogP contribution in [0.15, 0.2) is 0 Å². The van der Waals surface area contributed by atoms with Gasteiger partial charge in [-0.3, -0.25) is 0 Å². The van der Waals surface area contributed by atoms with Crippen molar-refractivity contribution in [1.82, 2.24) is 0 Å². The molecule has 0 aromatic rings. The Morgan fingerprint density at radius 2 is 2.07 bits per heavy atom. The third-order valence-electron chi connectivity index (χ3n) is 5.47. The molecular formula is C14H25I. The van der Waals surface area contributed by atoms with Gasteiger partial charge in [-0.25, -0.2) is 0 Å². The summed E-state index contributed by atoms with van der Waals surface area (Å²) in [6, 6.07) is 0. The summed E-state index contributed by atoms with van der Waals surface area (Å²) >= 11 is 2.58. The Morgan fingerprint density at radius 3 is 2.73 bits per heavy atom. The van der Waals surface area contributed by atoms with Crippen molar-refractivity contribution in [3.8, 4) is 0 Å². The van der Waals surface area contributed by atoms with Crippen molar-refractivity contribution in [3.05, 3.63) is 0 Å². The molecule has 2 aliphatic rings. The molecule has 2 rings (SSSR count). The van der Waals surface area contributed by atoms with E-state index < -0.39 is 0 Å². The minimum Gasteiger partial charge on any atom is -0.0861 e. The highest BCUT2D eigenvalue weighted by molar-refractivity contribution is 14.1. The fourth-order valence-corrected chi connectivity index (χ4v) is 5.26. The van der Waals surface area contributed by atoms with Crippen LogP contribution in [0.2, 0.25) is 0 Å². The number of hydrogen-bond donors (Lipinski definition) is 0. The lowest BCUT2D eigenvalue weighted by Crippen LogP contribution is -2.38. The number of alkyl halides is 1. The monoisotopic (exact) mass is 320 g/mol. The largest absolute Gasteiger partial charge is 0.0861 e. The molecule has 0 N–H and O–H groups in total. The molecule has 1 heteroatoms. The molecule has 2 saturated carbocycles. The summed E-state index contributed by atoms with van der Waals surface area (Å²) in [5.74, 6) is 3.99. The van der Waals surface area contributed by atoms with Crippen molar-refractivity contribution in [1.29, 1.82) is 0 Å². The van der Waals surface area contributed by atoms with Gasteiger partial charge in [0.05, 0.1) is 0 Å². The zero-order valence-electron chi connectivity index (χ0n) is 10.4. The molecule has 0 aromatic heterocycles. The van der Waals surface area contributed by atoms with Crippen molar-refractivity contribution in [3.63, 3.8) is 0 Å². The van der Waals surface area contributed by atoms with Crippen LogP contribution >= 0.6 is 22.6 Å². The van der Waals surface area contributed by atoms with E-state index in [0.717, 1.165) is 23.7 Å². The maximum absolute atomic E-state index is 2.60. The summed E-state index contributed by atoms with van der Waals surface area (Å²) in [5.41, 5.74) is 0.697. The third-order valence-corrected chi connectivity index (χ3v) is 6.86. The molecule has 0 nitrogen and oxygen atoms in total. The number of halogens is 1. The fourth-order valence-electron chi connectivity index (χ4n) is 4.65. The topological polar surface area (TPSA) is 0 Å². The van der Waals surface area contributed by atoms with E-state index in [1.54, 1.807) is 0 Å². The van der Waals surface area contributed by atoms with E-state index in [1.165, 1.54) is 36.5 Å². The second kappa shape index (κ2) is 4.54. The molecule has 0 saturated heterocycles. The molecule has 0 amide bonds. The minimum absolute atomic E-state index is 0.697. The quantitative estimate of drug-likeness (QED) is 0.501. The smallest absolute Gasteiger partial charge is 0.00239 e. The van der Waals surface area contributed by atoms with E-state index in [9.17, 15) is 0 Å². The van der Waals surface area contributed by atoms with Gasteiger partial charge < -0.3 is 0 Å². The average molecular weight is 320 g/mol. The molecule has 0 radical (unpaired) electrons. The molecule has 2 fully saturated rings. The Kier molecular flexibility index (Phi) is 3.69. The van der Waals surface area contributed by atoms with Gasteiger partial charge in [-0.1, -0.05) is 56.2 Å². The lowest BCUT2D eigenvalue weighted by atomic mass is 9.60. The lowest BCUT2D eigenvalue weighted by molar-refractivity contribution is 0.0418. The molecule has 5 atom stereocenters. The van der Waals surface area contributed by atoms with Crippen molar-refractivity contribution in [2.45, 2.75) is 52.9 Å². The van der Waals surface area contributed by atoms with Gasteiger partial charge in [-0.05, 0) is 48.3 Å². The van der Waals surface area contributed by atoms with Gasteiger partial charge in [-0.2, -0.15) is 0 Å². The van der Waals surface area contributed by atoms with Gasteiger partial charge in [0.2, 0.25) is 0 Å². The number of rotatable bonds is 2. The second-order valence-electron chi connectivity index (χ2n) is 6.30. The van der Waals surface area contributed by atoms with Gasteiger partial charge in [-0.15, -0.1) is 0 Å². The average Bonchev–Trinajstić information content (AvgIpc) is 2.56. The van der Waals surface area contributed by atoms with Crippen LogP contribution in [0, 0.1) is 29.1 Å². The summed E-state index contributed by atoms with van der Waals surface area (Å²) < 4.78 is 1.35. The standard InChI is InChI=1S/C14H25I/c1-10-5-4-8-14(3)12(10)6-7-13(14)11(2)9-15/h10-13H,4-9H2,1-3H3/t10-,11+,12?,13+,14-/m0/s1. The first-order valence-corrected chi connectivity index (χ1v) is 8.18. The Bertz CT molecular complexity index is 225. The zero-order valence-corrected chi connectivity index (χ0v) is 12.6. The van der Waals surface area contributed by atoms with Crippen LogP contribution in [0.5, 0.6) is 0 Å². The third kappa shape index (κ3) is 1.98. The number of hydrogen-bond acceptors (Lipinski definition) is 0. The summed E-state index contributed by atoms with van der Waals surface area (Å²) in [7, 11) is 0. The molecule has 1 unspecified atom stereocenters. The van der Waals surface area contributed by atoms with Crippen LogP contribution in [-0.2, 0) is 0 Å². The SMILES string of the molecule is C[C@H](CI)[C@H]1CCC2[C@@H](C)CCC[C@@]21C. The first-order chi connectivity index (χ1) is 7.09. The van der Waals surface area contributed by atoms with Crippen LogP contribution in [0.4, 0.5) is 0 Å². The van der Waals surface area contributed by atoms with Crippen LogP contribution in [0.1, 0.15) is 52.9 Å². The van der Waals surface area contributed by atoms with Crippen LogP contribution < -0.4 is 0 Å². The summed E-state index contributed by atoms with van der Waals surface area (Å²) in [4.78, 5) is 0. The fraction of sp³-hybridized carbons (Fsp3) is 1.00. The Balaban J connectivity index is 2.17. The summed E-state index contributed by atoms with van der Waals surface area (Å²) in [5, 5.41) is 0. The van der Waals surface area contributed by atoms with E-state index in [4.69, 9.17) is 0 Å². The first-order valence-electron chi connectivity index (χ1n) is 6.65. The minimum atomic E-state index is 0.697. The first kappa shape index (κ1) is 12.2. The maximum Gasteiger partial charge on any atom is 0.00239 e. The van der Waals surface area contributed by atoms with E-state index in [-0.39, 0.29) is 0 Å². The Morgan fingerprint density at radius 1 is 1.33 bits per heavy atom. The van der Waals surface area contributed by atoms with Gasteiger partial charge >= 0.3 is 0 Å². The van der Waals surface area contributed by atoms with Gasteiger partial charge in [0.25, 0.3) is 0 Å². The molecular weight excluding hydrogens is 295 g/mol. The van der Waals surface area contributed by atoms with Crippen LogP contribution in [-0.4, -0.2) is 4.43 Å². The van der Waals surface area contributed by atoms with Gasteiger partial charge in [0, 0.05) is 4.43 Å². The predicted octanol–water partition coefficient (Wildman–Crippen LogP) is 4.91. The highest BCUT2D eigenvalue weighted by Crippen LogP contribution is 2.59. The van der Waals surface area contributed by atoms with E-state index >= 15 is 0 Å². The molecule has 0 aromatic carbocycles. The molecule has 2 aliphatic carbocycles. The maximum atomic E-state index is 2.60. The predicted molar refractivity (Wildman–Crippen MR) is 75.4 cm³/mol. The van der Waals surface area contributed by atoms with Crippen LogP contribution in [0.25, 0.3) is 0 Å². The van der Waals surface area contributed by atoms with Crippen molar-refractivity contribution >= 4 is 22.6 Å². The highest BCUT2D eigenvalue weighted by atomic mass is 127. The molecule has 0 bridgehead atoms.